The van der Waals surface area contributed by atoms with Gasteiger partial charge in [0.1, 0.15) is 0 Å². The van der Waals surface area contributed by atoms with Gasteiger partial charge in [0.2, 0.25) is 10.0 Å². The van der Waals surface area contributed by atoms with Crippen molar-refractivity contribution >= 4 is 16.0 Å². The first kappa shape index (κ1) is 20.7. The zero-order valence-electron chi connectivity index (χ0n) is 15.9. The van der Waals surface area contributed by atoms with Crippen molar-refractivity contribution in [2.45, 2.75) is 50.8 Å². The molecular formula is C19H32N4O2S. The van der Waals surface area contributed by atoms with E-state index in [0.29, 0.717) is 6.54 Å². The highest BCUT2D eigenvalue weighted by Gasteiger charge is 2.14. The molecule has 0 aliphatic heterocycles. The number of nitrogens with zero attached hydrogens (tertiary/aromatic N) is 1. The largest absolute Gasteiger partial charge is 0.356 e. The molecule has 0 aromatic heterocycles. The van der Waals surface area contributed by atoms with Crippen molar-refractivity contribution in [3.63, 3.8) is 0 Å². The Bertz CT molecular complexity index is 665. The van der Waals surface area contributed by atoms with E-state index in [1.807, 2.05) is 24.3 Å². The first-order valence-corrected chi connectivity index (χ1v) is 11.1. The lowest BCUT2D eigenvalue weighted by Gasteiger charge is -2.13. The Labute approximate surface area is 157 Å². The monoisotopic (exact) mass is 380 g/mol. The first-order chi connectivity index (χ1) is 12.5. The van der Waals surface area contributed by atoms with Crippen LogP contribution in [0.3, 0.4) is 0 Å². The summed E-state index contributed by atoms with van der Waals surface area (Å²) in [6.07, 6.45) is 8.10. The van der Waals surface area contributed by atoms with Gasteiger partial charge in [-0.3, -0.25) is 4.99 Å². The molecule has 0 saturated heterocycles. The van der Waals surface area contributed by atoms with Gasteiger partial charge in [-0.1, -0.05) is 49.9 Å². The van der Waals surface area contributed by atoms with Crippen LogP contribution in [0.5, 0.6) is 0 Å². The van der Waals surface area contributed by atoms with Crippen molar-refractivity contribution in [1.29, 1.82) is 0 Å². The summed E-state index contributed by atoms with van der Waals surface area (Å²) >= 11 is 0. The predicted octanol–water partition coefficient (Wildman–Crippen LogP) is 2.37. The van der Waals surface area contributed by atoms with E-state index < -0.39 is 10.0 Å². The number of sulfonamides is 1. The van der Waals surface area contributed by atoms with E-state index in [9.17, 15) is 8.42 Å². The Balaban J connectivity index is 1.70. The lowest BCUT2D eigenvalue weighted by molar-refractivity contribution is 0.481. The Morgan fingerprint density at radius 2 is 1.77 bits per heavy atom. The molecule has 0 radical (unpaired) electrons. The summed E-state index contributed by atoms with van der Waals surface area (Å²) in [7, 11) is -0.0226. The number of aliphatic imine (C=N–C) groups is 1. The Morgan fingerprint density at radius 3 is 2.38 bits per heavy atom. The van der Waals surface area contributed by atoms with Gasteiger partial charge < -0.3 is 10.6 Å². The number of nitrogens with one attached hydrogen (secondary N) is 3. The zero-order valence-corrected chi connectivity index (χ0v) is 16.7. The molecule has 3 N–H and O–H groups in total. The molecule has 1 aromatic carbocycles. The van der Waals surface area contributed by atoms with Crippen LogP contribution in [0.25, 0.3) is 0 Å². The van der Waals surface area contributed by atoms with Crippen LogP contribution in [0.15, 0.2) is 29.3 Å². The summed E-state index contributed by atoms with van der Waals surface area (Å²) in [5, 5.41) is 6.67. The van der Waals surface area contributed by atoms with Crippen molar-refractivity contribution in [1.82, 2.24) is 15.4 Å². The van der Waals surface area contributed by atoms with E-state index >= 15 is 0 Å². The number of rotatable bonds is 9. The van der Waals surface area contributed by atoms with E-state index in [1.54, 1.807) is 7.05 Å². The second-order valence-corrected chi connectivity index (χ2v) is 8.85. The lowest BCUT2D eigenvalue weighted by Crippen LogP contribution is -2.37. The van der Waals surface area contributed by atoms with Gasteiger partial charge in [-0.05, 0) is 36.9 Å². The van der Waals surface area contributed by atoms with Gasteiger partial charge in [-0.25, -0.2) is 13.1 Å². The summed E-state index contributed by atoms with van der Waals surface area (Å²) in [4.78, 5) is 4.26. The van der Waals surface area contributed by atoms with Crippen LogP contribution in [0, 0.1) is 5.92 Å². The Kier molecular flexibility index (Phi) is 8.38. The van der Waals surface area contributed by atoms with Gasteiger partial charge in [-0.15, -0.1) is 0 Å². The quantitative estimate of drug-likeness (QED) is 0.349. The van der Waals surface area contributed by atoms with Crippen molar-refractivity contribution in [3.8, 4) is 0 Å². The highest BCUT2D eigenvalue weighted by Crippen LogP contribution is 2.28. The van der Waals surface area contributed by atoms with Crippen LogP contribution in [0.2, 0.25) is 0 Å². The van der Waals surface area contributed by atoms with E-state index in [4.69, 9.17) is 0 Å². The molecule has 1 fully saturated rings. The van der Waals surface area contributed by atoms with Gasteiger partial charge >= 0.3 is 0 Å². The molecule has 0 spiro atoms. The van der Waals surface area contributed by atoms with Gasteiger partial charge in [-0.2, -0.15) is 0 Å². The zero-order chi connectivity index (χ0) is 18.8. The summed E-state index contributed by atoms with van der Waals surface area (Å²) in [5.41, 5.74) is 1.86. The highest BCUT2D eigenvalue weighted by atomic mass is 32.2. The molecule has 0 amide bonds. The number of hydrogen-bond acceptors (Lipinski definition) is 3. The van der Waals surface area contributed by atoms with E-state index in [2.05, 4.69) is 20.3 Å². The topological polar surface area (TPSA) is 82.6 Å². The molecule has 1 aliphatic rings. The minimum absolute atomic E-state index is 0.00142. The average molecular weight is 381 g/mol. The Morgan fingerprint density at radius 1 is 1.12 bits per heavy atom. The minimum atomic E-state index is -3.23. The van der Waals surface area contributed by atoms with Crippen molar-refractivity contribution < 1.29 is 8.42 Å². The van der Waals surface area contributed by atoms with Gasteiger partial charge in [0.05, 0.1) is 5.75 Å². The second-order valence-electron chi connectivity index (χ2n) is 6.92. The molecule has 1 aliphatic carbocycles. The molecule has 7 heteroatoms. The maximum absolute atomic E-state index is 11.6. The van der Waals surface area contributed by atoms with Crippen molar-refractivity contribution in [2.75, 3.05) is 20.6 Å². The smallest absolute Gasteiger partial charge is 0.215 e. The molecule has 146 valence electrons. The molecular weight excluding hydrogens is 348 g/mol. The maximum atomic E-state index is 11.6. The fourth-order valence-corrected chi connectivity index (χ4v) is 4.12. The fraction of sp³-hybridized carbons (Fsp3) is 0.632. The summed E-state index contributed by atoms with van der Waals surface area (Å²) in [6.45, 7) is 1.60. The fourth-order valence-electron chi connectivity index (χ4n) is 3.35. The van der Waals surface area contributed by atoms with E-state index in [1.165, 1.54) is 45.6 Å². The van der Waals surface area contributed by atoms with Crippen LogP contribution in [0.4, 0.5) is 0 Å². The van der Waals surface area contributed by atoms with Crippen LogP contribution < -0.4 is 15.4 Å². The standard InChI is InChI=1S/C19H32N4O2S/c1-20-19(22-13-5-8-16-6-3-4-7-16)23-14-17-9-11-18(12-10-17)15-26(24,25)21-2/h9-12,16,21H,3-8,13-15H2,1-2H3,(H2,20,22,23). The molecule has 26 heavy (non-hydrogen) atoms. The van der Waals surface area contributed by atoms with Gasteiger partial charge in [0, 0.05) is 20.1 Å². The molecule has 0 atom stereocenters. The minimum Gasteiger partial charge on any atom is -0.356 e. The van der Waals surface area contributed by atoms with Crippen LogP contribution in [-0.4, -0.2) is 35.0 Å². The highest BCUT2D eigenvalue weighted by molar-refractivity contribution is 7.88. The number of benzene rings is 1. The summed E-state index contributed by atoms with van der Waals surface area (Å²) in [6, 6.07) is 7.59. The van der Waals surface area contributed by atoms with E-state index in [0.717, 1.165) is 29.5 Å². The molecule has 0 heterocycles. The lowest BCUT2D eigenvalue weighted by atomic mass is 10.0. The first-order valence-electron chi connectivity index (χ1n) is 9.46. The second kappa shape index (κ2) is 10.5. The molecule has 0 bridgehead atoms. The Hall–Kier alpha value is -1.60. The number of hydrogen-bond donors (Lipinski definition) is 3. The third kappa shape index (κ3) is 7.33. The van der Waals surface area contributed by atoms with E-state index in [-0.39, 0.29) is 5.75 Å². The summed E-state index contributed by atoms with van der Waals surface area (Å²) in [5.74, 6) is 1.73. The van der Waals surface area contributed by atoms with Gasteiger partial charge in [0.15, 0.2) is 5.96 Å². The molecule has 0 unspecified atom stereocenters. The summed E-state index contributed by atoms with van der Waals surface area (Å²) < 4.78 is 25.5. The van der Waals surface area contributed by atoms with Gasteiger partial charge in [0.25, 0.3) is 0 Å². The maximum Gasteiger partial charge on any atom is 0.215 e. The SMILES string of the molecule is CN=C(NCCCC1CCCC1)NCc1ccc(CS(=O)(=O)NC)cc1. The molecule has 1 aromatic rings. The van der Waals surface area contributed by atoms with Crippen molar-refractivity contribution in [2.24, 2.45) is 10.9 Å². The molecule has 1 saturated carbocycles. The normalized spacial score (nSPS) is 16.0. The average Bonchev–Trinajstić information content (AvgIpc) is 3.15. The molecule has 2 rings (SSSR count). The third-order valence-electron chi connectivity index (χ3n) is 4.93. The molecule has 6 nitrogen and oxygen atoms in total. The number of guanidine groups is 1. The van der Waals surface area contributed by atoms with Crippen LogP contribution >= 0.6 is 0 Å². The van der Waals surface area contributed by atoms with Crippen LogP contribution in [-0.2, 0) is 22.3 Å². The van der Waals surface area contributed by atoms with Crippen LogP contribution in [0.1, 0.15) is 49.7 Å². The third-order valence-corrected chi connectivity index (χ3v) is 6.27. The van der Waals surface area contributed by atoms with Crippen molar-refractivity contribution in [3.05, 3.63) is 35.4 Å². The predicted molar refractivity (Wildman–Crippen MR) is 108 cm³/mol.